The van der Waals surface area contributed by atoms with Crippen molar-refractivity contribution in [2.75, 3.05) is 6.54 Å². The lowest BCUT2D eigenvalue weighted by atomic mass is 10.2. The van der Waals surface area contributed by atoms with Crippen LogP contribution in [0.4, 0.5) is 0 Å². The van der Waals surface area contributed by atoms with E-state index < -0.39 is 5.91 Å². The Morgan fingerprint density at radius 3 is 2.79 bits per heavy atom. The minimum Gasteiger partial charge on any atom is -0.509 e. The highest BCUT2D eigenvalue weighted by Gasteiger charge is 2.32. The van der Waals surface area contributed by atoms with Gasteiger partial charge in [0.05, 0.1) is 22.6 Å². The van der Waals surface area contributed by atoms with Crippen LogP contribution < -0.4 is 5.43 Å². The third-order valence-corrected chi connectivity index (χ3v) is 6.38. The number of aromatic nitrogens is 2. The zero-order valence-electron chi connectivity index (χ0n) is 14.9. The van der Waals surface area contributed by atoms with Crippen molar-refractivity contribution in [2.45, 2.75) is 0 Å². The van der Waals surface area contributed by atoms with Crippen LogP contribution in [0, 0.1) is 5.41 Å². The van der Waals surface area contributed by atoms with E-state index in [1.165, 1.54) is 16.3 Å². The van der Waals surface area contributed by atoms with Gasteiger partial charge in [0.1, 0.15) is 22.0 Å². The molecule has 7 nitrogen and oxygen atoms in total. The smallest absolute Gasteiger partial charge is 0.281 e. The van der Waals surface area contributed by atoms with Crippen molar-refractivity contribution in [3.05, 3.63) is 70.0 Å². The average molecular weight is 424 g/mol. The molecule has 0 atom stereocenters. The van der Waals surface area contributed by atoms with Crippen LogP contribution in [-0.4, -0.2) is 38.4 Å². The third-order valence-electron chi connectivity index (χ3n) is 4.71. The number of benzene rings is 2. The number of para-hydroxylation sites is 2. The minimum atomic E-state index is -0.431. The van der Waals surface area contributed by atoms with E-state index in [4.69, 9.17) is 17.0 Å². The lowest BCUT2D eigenvalue weighted by Crippen LogP contribution is -2.43. The Bertz CT molecular complexity index is 1310. The average Bonchev–Trinajstić information content (AvgIpc) is 3.36. The molecule has 5 rings (SSSR count). The quantitative estimate of drug-likeness (QED) is 0.393. The predicted octanol–water partition coefficient (Wildman–Crippen LogP) is 4.34. The number of hydrogen-bond donors (Lipinski definition) is 4. The number of imidazole rings is 1. The summed E-state index contributed by atoms with van der Waals surface area (Å²) in [5, 5.41) is 21.3. The Labute approximate surface area is 173 Å². The van der Waals surface area contributed by atoms with Crippen molar-refractivity contribution < 1.29 is 9.90 Å². The number of nitrogens with one attached hydrogen (secondary N) is 3. The topological polar surface area (TPSA) is 105 Å². The summed E-state index contributed by atoms with van der Waals surface area (Å²) in [5.74, 6) is -0.145. The lowest BCUT2D eigenvalue weighted by Gasteiger charge is -2.19. The Hall–Kier alpha value is -3.36. The van der Waals surface area contributed by atoms with Crippen LogP contribution in [0.2, 0.25) is 5.02 Å². The number of hydrazine groups is 1. The van der Waals surface area contributed by atoms with Gasteiger partial charge in [-0.3, -0.25) is 20.6 Å². The number of carbonyl (C=O) groups excluding carboxylic acids is 1. The van der Waals surface area contributed by atoms with Gasteiger partial charge in [0.2, 0.25) is 0 Å². The Balaban J connectivity index is 1.41. The molecule has 2 aromatic heterocycles. The largest absolute Gasteiger partial charge is 0.509 e. The third kappa shape index (κ3) is 2.84. The number of H-pyrrole nitrogens is 1. The van der Waals surface area contributed by atoms with Gasteiger partial charge in [0.15, 0.2) is 5.84 Å². The van der Waals surface area contributed by atoms with Gasteiger partial charge in [-0.2, -0.15) is 0 Å². The van der Waals surface area contributed by atoms with Crippen molar-refractivity contribution in [3.63, 3.8) is 0 Å². The molecule has 1 amide bonds. The molecule has 144 valence electrons. The number of rotatable bonds is 3. The molecule has 0 saturated carbocycles. The molecule has 0 fully saturated rings. The van der Waals surface area contributed by atoms with Gasteiger partial charge in [-0.15, -0.1) is 11.3 Å². The summed E-state index contributed by atoms with van der Waals surface area (Å²) in [6, 6.07) is 14.9. The maximum Gasteiger partial charge on any atom is 0.281 e. The number of fused-ring (bicyclic) bond motifs is 2. The molecule has 1 aliphatic heterocycles. The van der Waals surface area contributed by atoms with E-state index in [-0.39, 0.29) is 23.7 Å². The number of amides is 1. The first-order valence-corrected chi connectivity index (χ1v) is 9.94. The maximum absolute atomic E-state index is 12.8. The molecule has 3 heterocycles. The van der Waals surface area contributed by atoms with Crippen molar-refractivity contribution in [1.29, 1.82) is 5.41 Å². The molecule has 0 unspecified atom stereocenters. The van der Waals surface area contributed by atoms with E-state index >= 15 is 0 Å². The van der Waals surface area contributed by atoms with E-state index in [2.05, 4.69) is 15.4 Å². The molecule has 0 bridgehead atoms. The second-order valence-electron chi connectivity index (χ2n) is 6.54. The number of thiophene rings is 1. The fourth-order valence-corrected chi connectivity index (χ4v) is 4.74. The summed E-state index contributed by atoms with van der Waals surface area (Å²) in [5.41, 5.74) is 4.45. The molecule has 9 heteroatoms. The summed E-state index contributed by atoms with van der Waals surface area (Å²) >= 11 is 7.66. The van der Waals surface area contributed by atoms with Gasteiger partial charge in [-0.1, -0.05) is 41.9 Å². The number of aromatic amines is 1. The van der Waals surface area contributed by atoms with E-state index in [1.807, 2.05) is 48.5 Å². The normalized spacial score (nSPS) is 14.4. The van der Waals surface area contributed by atoms with Gasteiger partial charge in [0, 0.05) is 10.1 Å². The summed E-state index contributed by atoms with van der Waals surface area (Å²) in [6.07, 6.45) is 0. The van der Waals surface area contributed by atoms with Crippen LogP contribution in [0.15, 0.2) is 54.3 Å². The Kier molecular flexibility index (Phi) is 4.04. The highest BCUT2D eigenvalue weighted by Crippen LogP contribution is 2.35. The SMILES string of the molecule is N=C1C(c2nc3ccccc3[nH]2)=C(O)CN1NC(=O)c1sc2ccccc2c1Cl. The number of nitrogens with zero attached hydrogens (tertiary/aromatic N) is 2. The molecular weight excluding hydrogens is 410 g/mol. The first-order valence-electron chi connectivity index (χ1n) is 8.74. The molecule has 0 saturated heterocycles. The van der Waals surface area contributed by atoms with Gasteiger partial charge in [-0.05, 0) is 18.2 Å². The van der Waals surface area contributed by atoms with Gasteiger partial charge < -0.3 is 10.1 Å². The van der Waals surface area contributed by atoms with E-state index in [0.717, 1.165) is 21.1 Å². The van der Waals surface area contributed by atoms with Crippen LogP contribution >= 0.6 is 22.9 Å². The van der Waals surface area contributed by atoms with E-state index in [1.54, 1.807) is 0 Å². The zero-order valence-corrected chi connectivity index (χ0v) is 16.4. The lowest BCUT2D eigenvalue weighted by molar-refractivity contribution is 0.0879. The van der Waals surface area contributed by atoms with Crippen molar-refractivity contribution in [1.82, 2.24) is 20.4 Å². The molecule has 0 spiro atoms. The second-order valence-corrected chi connectivity index (χ2v) is 7.97. The molecule has 29 heavy (non-hydrogen) atoms. The summed E-state index contributed by atoms with van der Waals surface area (Å²) < 4.78 is 0.906. The highest BCUT2D eigenvalue weighted by atomic mass is 35.5. The number of carbonyl (C=O) groups is 1. The molecule has 2 aromatic carbocycles. The number of hydrogen-bond acceptors (Lipinski definition) is 5. The van der Waals surface area contributed by atoms with Crippen molar-refractivity contribution in [3.8, 4) is 0 Å². The summed E-state index contributed by atoms with van der Waals surface area (Å²) in [6.45, 7) is -0.0283. The standard InChI is InChI=1S/C20H14ClN5O2S/c21-16-10-5-1-4-8-14(10)29-17(16)20(28)25-26-9-13(27)15(18(26)22)19-23-11-6-2-3-7-12(11)24-19/h1-8,22,27H,9H2,(H,23,24)(H,25,28). The Morgan fingerprint density at radius 1 is 1.24 bits per heavy atom. The number of amidine groups is 1. The molecule has 4 aromatic rings. The van der Waals surface area contributed by atoms with Crippen LogP contribution in [0.3, 0.4) is 0 Å². The van der Waals surface area contributed by atoms with Crippen LogP contribution in [0.5, 0.6) is 0 Å². The van der Waals surface area contributed by atoms with Gasteiger partial charge >= 0.3 is 0 Å². The monoisotopic (exact) mass is 423 g/mol. The molecule has 4 N–H and O–H groups in total. The fourth-order valence-electron chi connectivity index (χ4n) is 3.33. The summed E-state index contributed by atoms with van der Waals surface area (Å²) in [7, 11) is 0. The highest BCUT2D eigenvalue weighted by molar-refractivity contribution is 7.21. The molecule has 0 radical (unpaired) electrons. The predicted molar refractivity (Wildman–Crippen MR) is 114 cm³/mol. The first kappa shape index (κ1) is 17.7. The molecule has 1 aliphatic rings. The first-order chi connectivity index (χ1) is 14.0. The van der Waals surface area contributed by atoms with E-state index in [0.29, 0.717) is 15.7 Å². The molecular formula is C20H14ClN5O2S. The van der Waals surface area contributed by atoms with Gasteiger partial charge in [0.25, 0.3) is 5.91 Å². The maximum atomic E-state index is 12.8. The second kappa shape index (κ2) is 6.61. The fraction of sp³-hybridized carbons (Fsp3) is 0.0500. The van der Waals surface area contributed by atoms with E-state index in [9.17, 15) is 9.90 Å². The number of aliphatic hydroxyl groups excluding tert-OH is 1. The Morgan fingerprint density at radius 2 is 2.00 bits per heavy atom. The molecule has 0 aliphatic carbocycles. The van der Waals surface area contributed by atoms with Crippen LogP contribution in [-0.2, 0) is 0 Å². The minimum absolute atomic E-state index is 0.0283. The number of aliphatic hydroxyl groups is 1. The zero-order chi connectivity index (χ0) is 20.1. The van der Waals surface area contributed by atoms with Crippen LogP contribution in [0.1, 0.15) is 15.5 Å². The van der Waals surface area contributed by atoms with Crippen molar-refractivity contribution >= 4 is 61.4 Å². The van der Waals surface area contributed by atoms with Crippen LogP contribution in [0.25, 0.3) is 26.7 Å². The summed E-state index contributed by atoms with van der Waals surface area (Å²) in [4.78, 5) is 20.7. The van der Waals surface area contributed by atoms with Crippen molar-refractivity contribution in [2.24, 2.45) is 0 Å². The number of halogens is 1. The van der Waals surface area contributed by atoms with Gasteiger partial charge in [-0.25, -0.2) is 4.98 Å².